The molecular weight excluding hydrogens is 416 g/mol. The van der Waals surface area contributed by atoms with Gasteiger partial charge in [0.1, 0.15) is 30.0 Å². The lowest BCUT2D eigenvalue weighted by Crippen LogP contribution is -2.20. The third-order valence-corrected chi connectivity index (χ3v) is 6.90. The van der Waals surface area contributed by atoms with E-state index in [1.54, 1.807) is 23.9 Å². The number of hydrogen-bond donors (Lipinski definition) is 1. The predicted octanol–water partition coefficient (Wildman–Crippen LogP) is 7.25. The zero-order chi connectivity index (χ0) is 22.6. The number of aromatic hydroxyl groups is 1. The summed E-state index contributed by atoms with van der Waals surface area (Å²) in [5.41, 5.74) is 4.43. The van der Waals surface area contributed by atoms with Crippen molar-refractivity contribution >= 4 is 11.8 Å². The maximum absolute atomic E-state index is 7.12. The zero-order valence-corrected chi connectivity index (χ0v) is 18.5. The van der Waals surface area contributed by atoms with Gasteiger partial charge in [-0.25, -0.2) is 0 Å². The van der Waals surface area contributed by atoms with Crippen LogP contribution in [0, 0.1) is 6.92 Å². The van der Waals surface area contributed by atoms with Gasteiger partial charge in [-0.2, -0.15) is 0 Å². The summed E-state index contributed by atoms with van der Waals surface area (Å²) in [7, 11) is 0. The third-order valence-electron chi connectivity index (χ3n) is 5.57. The molecule has 3 nitrogen and oxygen atoms in total. The molecule has 0 bridgehead atoms. The molecule has 1 aliphatic heterocycles. The Morgan fingerprint density at radius 3 is 2.34 bits per heavy atom. The fraction of sp³-hybridized carbons (Fsp3) is 0.143. The third kappa shape index (κ3) is 4.32. The van der Waals surface area contributed by atoms with Crippen LogP contribution in [0.1, 0.15) is 33.6 Å². The van der Waals surface area contributed by atoms with E-state index in [0.29, 0.717) is 12.4 Å². The van der Waals surface area contributed by atoms with E-state index in [0.717, 1.165) is 33.1 Å². The number of phenols is 1. The van der Waals surface area contributed by atoms with Crippen LogP contribution in [0.3, 0.4) is 0 Å². The molecule has 0 aromatic heterocycles. The second-order valence-corrected chi connectivity index (χ2v) is 9.08. The van der Waals surface area contributed by atoms with Crippen molar-refractivity contribution in [2.75, 3.05) is 0 Å². The van der Waals surface area contributed by atoms with E-state index in [1.807, 2.05) is 42.5 Å². The summed E-state index contributed by atoms with van der Waals surface area (Å²) in [5.74, 6) is 2.24. The van der Waals surface area contributed by atoms with Gasteiger partial charge in [0.05, 0.1) is 10.1 Å². The van der Waals surface area contributed by atoms with Gasteiger partial charge < -0.3 is 14.6 Å². The monoisotopic (exact) mass is 442 g/mol. The van der Waals surface area contributed by atoms with Crippen LogP contribution in [0.15, 0.2) is 102 Å². The molecule has 1 heterocycles. The molecule has 0 saturated heterocycles. The Bertz CT molecular complexity index is 1210. The van der Waals surface area contributed by atoms with Crippen molar-refractivity contribution in [2.24, 2.45) is 0 Å². The van der Waals surface area contributed by atoms with E-state index in [9.17, 15) is 0 Å². The Morgan fingerprint density at radius 1 is 0.906 bits per heavy atom. The average Bonchev–Trinajstić information content (AvgIpc) is 2.88. The highest BCUT2D eigenvalue weighted by Gasteiger charge is 2.34. The lowest BCUT2D eigenvalue weighted by molar-refractivity contribution is 0.188. The minimum Gasteiger partial charge on any atom is -0.508 e. The van der Waals surface area contributed by atoms with Crippen LogP contribution in [-0.4, -0.2) is 6.54 Å². The van der Waals surface area contributed by atoms with Crippen molar-refractivity contribution < 1.29 is 14.6 Å². The lowest BCUT2D eigenvalue weighted by atomic mass is 10.00. The minimum atomic E-state index is -0.167. The topological polar surface area (TPSA) is 38.7 Å². The van der Waals surface area contributed by atoms with Crippen molar-refractivity contribution in [1.29, 1.82) is 1.43 Å². The van der Waals surface area contributed by atoms with E-state index in [2.05, 4.69) is 54.5 Å². The summed E-state index contributed by atoms with van der Waals surface area (Å²) in [4.78, 5) is 1.08. The van der Waals surface area contributed by atoms with Crippen LogP contribution in [0.4, 0.5) is 0 Å². The molecule has 0 fully saturated rings. The van der Waals surface area contributed by atoms with Gasteiger partial charge >= 0.3 is 0 Å². The van der Waals surface area contributed by atoms with Crippen LogP contribution in [0.25, 0.3) is 0 Å². The van der Waals surface area contributed by atoms with Gasteiger partial charge in [0.15, 0.2) is 0 Å². The minimum absolute atomic E-state index is 0.0743. The fourth-order valence-corrected chi connectivity index (χ4v) is 5.35. The predicted molar refractivity (Wildman–Crippen MR) is 128 cm³/mol. The van der Waals surface area contributed by atoms with Gasteiger partial charge in [0.2, 0.25) is 0 Å². The van der Waals surface area contributed by atoms with E-state index in [-0.39, 0.29) is 11.4 Å². The molecule has 0 saturated carbocycles. The second kappa shape index (κ2) is 9.01. The molecule has 0 aliphatic carbocycles. The molecule has 32 heavy (non-hydrogen) atoms. The zero-order valence-electron chi connectivity index (χ0n) is 18.7. The summed E-state index contributed by atoms with van der Waals surface area (Å²) in [6, 6.07) is 32.3. The first-order valence-corrected chi connectivity index (χ1v) is 11.5. The van der Waals surface area contributed by atoms with Crippen LogP contribution >= 0.6 is 11.8 Å². The molecular formula is C28H24O3S. The Balaban J connectivity index is 1.47. The van der Waals surface area contributed by atoms with Crippen LogP contribution in [0.5, 0.6) is 17.2 Å². The molecule has 1 N–H and O–H groups in total. The standard InChI is InChI=1S/C28H24O3S/c1-19-16-24(30-18-20-8-4-2-5-9-20)17-25-26(19)31-27(21-12-14-23(29)15-13-21)28(32-25)22-10-6-3-7-11-22/h2-17,27-29H,18H2,1H3/t27-,28+/m1/s1/i/hT. The number of phenolic OH excluding ortho intramolecular Hbond substituents is 1. The van der Waals surface area contributed by atoms with Crippen molar-refractivity contribution in [3.63, 3.8) is 0 Å². The van der Waals surface area contributed by atoms with Gasteiger partial charge in [0.25, 0.3) is 1.43 Å². The molecule has 0 radical (unpaired) electrons. The summed E-state index contributed by atoms with van der Waals surface area (Å²) in [6.07, 6.45) is -0.167. The lowest BCUT2D eigenvalue weighted by Gasteiger charge is -2.35. The largest absolute Gasteiger partial charge is 0.508 e. The Labute approximate surface area is 194 Å². The molecule has 4 heteroatoms. The first kappa shape index (κ1) is 19.3. The number of thioether (sulfide) groups is 1. The van der Waals surface area contributed by atoms with Crippen molar-refractivity contribution in [3.05, 3.63) is 119 Å². The second-order valence-electron chi connectivity index (χ2n) is 7.90. The molecule has 5 rings (SSSR count). The van der Waals surface area contributed by atoms with Gasteiger partial charge in [-0.15, -0.1) is 11.8 Å². The highest BCUT2D eigenvalue weighted by Crippen LogP contribution is 2.55. The van der Waals surface area contributed by atoms with Gasteiger partial charge in [-0.1, -0.05) is 72.8 Å². The van der Waals surface area contributed by atoms with Crippen LogP contribution < -0.4 is 9.47 Å². The number of benzene rings is 4. The number of aryl methyl sites for hydroxylation is 1. The summed E-state index contributed by atoms with van der Waals surface area (Å²) < 4.78 is 19.9. The normalized spacial score (nSPS) is 17.6. The van der Waals surface area contributed by atoms with Crippen LogP contribution in [0.2, 0.25) is 0 Å². The molecule has 4 aromatic rings. The Kier molecular flexibility index (Phi) is 5.44. The highest BCUT2D eigenvalue weighted by molar-refractivity contribution is 7.99. The van der Waals surface area contributed by atoms with E-state index in [1.165, 1.54) is 5.56 Å². The molecule has 0 spiro atoms. The average molecular weight is 443 g/mol. The maximum Gasteiger partial charge on any atom is 0.293 e. The first-order valence-electron chi connectivity index (χ1n) is 11.0. The summed E-state index contributed by atoms with van der Waals surface area (Å²) >= 11 is 1.80. The van der Waals surface area contributed by atoms with E-state index < -0.39 is 0 Å². The fourth-order valence-electron chi connectivity index (χ4n) is 3.95. The molecule has 0 amide bonds. The van der Waals surface area contributed by atoms with Crippen molar-refractivity contribution in [3.8, 4) is 17.2 Å². The Hall–Kier alpha value is -3.37. The molecule has 160 valence electrons. The number of fused-ring (bicyclic) bond motifs is 1. The van der Waals surface area contributed by atoms with Crippen LogP contribution in [-0.2, 0) is 6.61 Å². The van der Waals surface area contributed by atoms with Gasteiger partial charge in [-0.3, -0.25) is 0 Å². The first-order chi connectivity index (χ1) is 16.2. The number of hydrogen-bond acceptors (Lipinski definition) is 4. The number of rotatable bonds is 6. The summed E-state index contributed by atoms with van der Waals surface area (Å²) in [5, 5.41) is 4.68. The van der Waals surface area contributed by atoms with E-state index >= 15 is 0 Å². The number of ether oxygens (including phenoxy) is 2. The Morgan fingerprint density at radius 2 is 1.62 bits per heavy atom. The molecule has 1 aliphatic rings. The van der Waals surface area contributed by atoms with Crippen molar-refractivity contribution in [1.82, 2.24) is 0 Å². The van der Waals surface area contributed by atoms with Gasteiger partial charge in [-0.05, 0) is 53.4 Å². The highest BCUT2D eigenvalue weighted by atomic mass is 32.2. The quantitative estimate of drug-likeness (QED) is 0.341. The molecule has 2 atom stereocenters. The SMILES string of the molecule is [3H]Oc1ccc([C@H]2Oc3c(C)cc(OCc4ccccc4)cc3S[C@H]2c2ccccc2)cc1. The maximum atomic E-state index is 7.12. The van der Waals surface area contributed by atoms with Gasteiger partial charge in [0, 0.05) is 0 Å². The smallest absolute Gasteiger partial charge is 0.293 e. The molecule has 4 aromatic carbocycles. The summed E-state index contributed by atoms with van der Waals surface area (Å²) in [6.45, 7) is 2.59. The molecule has 0 unspecified atom stereocenters. The van der Waals surface area contributed by atoms with Crippen molar-refractivity contribution in [2.45, 2.75) is 29.8 Å². The van der Waals surface area contributed by atoms with E-state index in [4.69, 9.17) is 10.9 Å².